The fourth-order valence-electron chi connectivity index (χ4n) is 3.01. The predicted octanol–water partition coefficient (Wildman–Crippen LogP) is 1.18. The zero-order chi connectivity index (χ0) is 13.7. The van der Waals surface area contributed by atoms with Gasteiger partial charge in [-0.1, -0.05) is 12.8 Å². The number of nitrogens with zero attached hydrogens (tertiary/aromatic N) is 2. The van der Waals surface area contributed by atoms with Crippen LogP contribution < -0.4 is 5.32 Å². The van der Waals surface area contributed by atoms with Crippen LogP contribution in [0.4, 0.5) is 0 Å². The molecule has 0 aromatic carbocycles. The Morgan fingerprint density at radius 2 is 1.68 bits per heavy atom. The Hall–Kier alpha value is -0.170. The Balaban J connectivity index is 2.03. The minimum Gasteiger partial charge on any atom is -0.317 e. The van der Waals surface area contributed by atoms with E-state index in [1.165, 1.54) is 0 Å². The van der Waals surface area contributed by atoms with Crippen LogP contribution in [0, 0.1) is 0 Å². The quantitative estimate of drug-likeness (QED) is 0.849. The van der Waals surface area contributed by atoms with Crippen molar-refractivity contribution in [1.82, 2.24) is 13.9 Å². The molecule has 0 aliphatic carbocycles. The van der Waals surface area contributed by atoms with E-state index < -0.39 is 10.2 Å². The van der Waals surface area contributed by atoms with E-state index in [0.29, 0.717) is 13.1 Å². The lowest BCUT2D eigenvalue weighted by atomic mass is 10.1. The van der Waals surface area contributed by atoms with Gasteiger partial charge in [0, 0.05) is 26.2 Å². The summed E-state index contributed by atoms with van der Waals surface area (Å²) in [5.41, 5.74) is 0. The van der Waals surface area contributed by atoms with Crippen LogP contribution in [0.1, 0.15) is 44.9 Å². The standard InChI is InChI=1S/C13H27N3O2S/c1-15(13-7-6-9-14-10-8-13)19(17,18)16-11-4-2-3-5-12-16/h13-14H,2-12H2,1H3. The van der Waals surface area contributed by atoms with Gasteiger partial charge in [-0.3, -0.25) is 0 Å². The molecule has 1 unspecified atom stereocenters. The third-order valence-corrected chi connectivity index (χ3v) is 6.36. The maximum absolute atomic E-state index is 12.7. The van der Waals surface area contributed by atoms with Crippen molar-refractivity contribution in [3.05, 3.63) is 0 Å². The third-order valence-electron chi connectivity index (χ3n) is 4.31. The fourth-order valence-corrected chi connectivity index (χ4v) is 4.68. The van der Waals surface area contributed by atoms with E-state index in [1.807, 2.05) is 0 Å². The summed E-state index contributed by atoms with van der Waals surface area (Å²) in [6.07, 6.45) is 7.26. The van der Waals surface area contributed by atoms with Gasteiger partial charge >= 0.3 is 0 Å². The molecular formula is C13H27N3O2S. The topological polar surface area (TPSA) is 52.7 Å². The van der Waals surface area contributed by atoms with Crippen LogP contribution in [0.3, 0.4) is 0 Å². The summed E-state index contributed by atoms with van der Waals surface area (Å²) in [7, 11) is -1.50. The van der Waals surface area contributed by atoms with E-state index in [4.69, 9.17) is 0 Å². The molecule has 5 nitrogen and oxygen atoms in total. The van der Waals surface area contributed by atoms with Gasteiger partial charge < -0.3 is 5.32 Å². The first-order valence-electron chi connectivity index (χ1n) is 7.56. The Labute approximate surface area is 117 Å². The van der Waals surface area contributed by atoms with Crippen LogP contribution in [-0.2, 0) is 10.2 Å². The molecule has 2 fully saturated rings. The van der Waals surface area contributed by atoms with Gasteiger partial charge in [0.2, 0.25) is 0 Å². The van der Waals surface area contributed by atoms with Gasteiger partial charge in [-0.25, -0.2) is 0 Å². The van der Waals surface area contributed by atoms with Crippen LogP contribution in [0.25, 0.3) is 0 Å². The van der Waals surface area contributed by atoms with Crippen molar-refractivity contribution in [2.45, 2.75) is 51.0 Å². The first kappa shape index (κ1) is 15.2. The molecule has 0 aromatic heterocycles. The molecule has 0 spiro atoms. The smallest absolute Gasteiger partial charge is 0.281 e. The molecule has 112 valence electrons. The highest BCUT2D eigenvalue weighted by Gasteiger charge is 2.32. The SMILES string of the molecule is CN(C1CCCNCC1)S(=O)(=O)N1CCCCCC1. The van der Waals surface area contributed by atoms with Gasteiger partial charge in [0.1, 0.15) is 0 Å². The van der Waals surface area contributed by atoms with Gasteiger partial charge in [-0.2, -0.15) is 17.0 Å². The maximum Gasteiger partial charge on any atom is 0.281 e. The van der Waals surface area contributed by atoms with Gasteiger partial charge in [0.05, 0.1) is 0 Å². The summed E-state index contributed by atoms with van der Waals surface area (Å²) in [6.45, 7) is 3.31. The van der Waals surface area contributed by atoms with Gasteiger partial charge in [-0.15, -0.1) is 0 Å². The molecule has 0 saturated carbocycles. The molecule has 19 heavy (non-hydrogen) atoms. The van der Waals surface area contributed by atoms with Crippen LogP contribution in [-0.4, -0.2) is 56.3 Å². The van der Waals surface area contributed by atoms with Crippen molar-refractivity contribution in [2.24, 2.45) is 0 Å². The van der Waals surface area contributed by atoms with Crippen molar-refractivity contribution >= 4 is 10.2 Å². The number of nitrogens with one attached hydrogen (secondary N) is 1. The number of rotatable bonds is 3. The second-order valence-corrected chi connectivity index (χ2v) is 7.66. The lowest BCUT2D eigenvalue weighted by Crippen LogP contribution is -2.47. The van der Waals surface area contributed by atoms with Crippen molar-refractivity contribution < 1.29 is 8.42 Å². The molecule has 0 amide bonds. The molecule has 2 aliphatic heterocycles. The highest BCUT2D eigenvalue weighted by Crippen LogP contribution is 2.20. The monoisotopic (exact) mass is 289 g/mol. The van der Waals surface area contributed by atoms with E-state index in [0.717, 1.165) is 58.0 Å². The van der Waals surface area contributed by atoms with Crippen molar-refractivity contribution in [2.75, 3.05) is 33.2 Å². The second-order valence-electron chi connectivity index (χ2n) is 5.67. The highest BCUT2D eigenvalue weighted by molar-refractivity contribution is 7.86. The van der Waals surface area contributed by atoms with Crippen molar-refractivity contribution in [3.8, 4) is 0 Å². The molecule has 2 heterocycles. The molecule has 6 heteroatoms. The second kappa shape index (κ2) is 7.02. The largest absolute Gasteiger partial charge is 0.317 e. The summed E-state index contributed by atoms with van der Waals surface area (Å²) in [5, 5.41) is 3.34. The maximum atomic E-state index is 12.7. The molecule has 1 N–H and O–H groups in total. The summed E-state index contributed by atoms with van der Waals surface area (Å²) in [4.78, 5) is 0. The average Bonchev–Trinajstić information content (AvgIpc) is 2.82. The van der Waals surface area contributed by atoms with Crippen molar-refractivity contribution in [1.29, 1.82) is 0 Å². The van der Waals surface area contributed by atoms with Crippen LogP contribution in [0.2, 0.25) is 0 Å². The van der Waals surface area contributed by atoms with Gasteiger partial charge in [0.25, 0.3) is 10.2 Å². The molecule has 2 saturated heterocycles. The average molecular weight is 289 g/mol. The van der Waals surface area contributed by atoms with Crippen LogP contribution in [0.15, 0.2) is 0 Å². The van der Waals surface area contributed by atoms with E-state index in [9.17, 15) is 8.42 Å². The third kappa shape index (κ3) is 3.90. The van der Waals surface area contributed by atoms with E-state index in [1.54, 1.807) is 15.7 Å². The molecule has 2 aliphatic rings. The first-order valence-corrected chi connectivity index (χ1v) is 8.96. The summed E-state index contributed by atoms with van der Waals surface area (Å²) in [6, 6.07) is 0.156. The molecule has 0 bridgehead atoms. The van der Waals surface area contributed by atoms with E-state index in [2.05, 4.69) is 5.32 Å². The van der Waals surface area contributed by atoms with Crippen molar-refractivity contribution in [3.63, 3.8) is 0 Å². The van der Waals surface area contributed by atoms with Gasteiger partial charge in [-0.05, 0) is 45.2 Å². The zero-order valence-corrected chi connectivity index (χ0v) is 12.8. The highest BCUT2D eigenvalue weighted by atomic mass is 32.2. The summed E-state index contributed by atoms with van der Waals surface area (Å²) >= 11 is 0. The zero-order valence-electron chi connectivity index (χ0n) is 12.0. The Kier molecular flexibility index (Phi) is 5.62. The van der Waals surface area contributed by atoms with Gasteiger partial charge in [0.15, 0.2) is 0 Å². The lowest BCUT2D eigenvalue weighted by Gasteiger charge is -2.31. The van der Waals surface area contributed by atoms with Crippen LogP contribution in [0.5, 0.6) is 0 Å². The normalized spacial score (nSPS) is 28.0. The number of hydrogen-bond donors (Lipinski definition) is 1. The van der Waals surface area contributed by atoms with E-state index >= 15 is 0 Å². The molecule has 2 rings (SSSR count). The fraction of sp³-hybridized carbons (Fsp3) is 1.00. The van der Waals surface area contributed by atoms with Crippen LogP contribution >= 0.6 is 0 Å². The summed E-state index contributed by atoms with van der Waals surface area (Å²) < 4.78 is 28.7. The summed E-state index contributed by atoms with van der Waals surface area (Å²) in [5.74, 6) is 0. The molecule has 0 aromatic rings. The molecule has 1 atom stereocenters. The number of hydrogen-bond acceptors (Lipinski definition) is 3. The first-order chi connectivity index (χ1) is 9.12. The van der Waals surface area contributed by atoms with E-state index in [-0.39, 0.29) is 6.04 Å². The Morgan fingerprint density at radius 1 is 1.00 bits per heavy atom. The Morgan fingerprint density at radius 3 is 2.37 bits per heavy atom. The molecular weight excluding hydrogens is 262 g/mol. The predicted molar refractivity (Wildman–Crippen MR) is 77.2 cm³/mol. The molecule has 0 radical (unpaired) electrons. The minimum absolute atomic E-state index is 0.156. The lowest BCUT2D eigenvalue weighted by molar-refractivity contribution is 0.301. The Bertz CT molecular complexity index is 356. The minimum atomic E-state index is -3.26.